The third kappa shape index (κ3) is 4.64. The quantitative estimate of drug-likeness (QED) is 0.555. The Labute approximate surface area is 180 Å². The Balaban J connectivity index is 1.99. The summed E-state index contributed by atoms with van der Waals surface area (Å²) in [4.78, 5) is 28.5. The zero-order valence-electron chi connectivity index (χ0n) is 17.2. The summed E-state index contributed by atoms with van der Waals surface area (Å²) < 4.78 is 56.6. The topological polar surface area (TPSA) is 86.8 Å². The number of nitrogens with one attached hydrogen (secondary N) is 1. The summed E-state index contributed by atoms with van der Waals surface area (Å²) in [6.45, 7) is 1.47. The van der Waals surface area contributed by atoms with Crippen LogP contribution in [0.1, 0.15) is 26.4 Å². The molecule has 0 unspecified atom stereocenters. The first-order chi connectivity index (χ1) is 15.2. The molecule has 0 fully saturated rings. The van der Waals surface area contributed by atoms with Crippen molar-refractivity contribution in [3.63, 3.8) is 0 Å². The monoisotopic (exact) mass is 446 g/mol. The lowest BCUT2D eigenvalue weighted by atomic mass is 10.1. The average Bonchev–Trinajstić information content (AvgIpc) is 2.75. The van der Waals surface area contributed by atoms with E-state index in [1.54, 1.807) is 0 Å². The van der Waals surface area contributed by atoms with Crippen molar-refractivity contribution in [2.24, 2.45) is 0 Å². The van der Waals surface area contributed by atoms with E-state index in [-0.39, 0.29) is 34.0 Å². The number of ether oxygens (including phenoxy) is 3. The Kier molecular flexibility index (Phi) is 6.62. The first-order valence-corrected chi connectivity index (χ1v) is 9.10. The van der Waals surface area contributed by atoms with Crippen molar-refractivity contribution in [2.75, 3.05) is 19.5 Å². The lowest BCUT2D eigenvalue weighted by Gasteiger charge is -2.16. The highest BCUT2D eigenvalue weighted by Gasteiger charge is 2.22. The van der Waals surface area contributed by atoms with Gasteiger partial charge in [-0.25, -0.2) is 18.6 Å². The van der Waals surface area contributed by atoms with Gasteiger partial charge in [0.1, 0.15) is 17.3 Å². The van der Waals surface area contributed by atoms with Crippen LogP contribution < -0.4 is 14.8 Å². The van der Waals surface area contributed by atoms with Crippen LogP contribution in [-0.4, -0.2) is 31.1 Å². The standard InChI is InChI=1S/C22H17F3N2O5/c1-11-8-12(23)9-17(32-16-5-4-14(24)19(25)20(16)30-2)18(11)21(28)27-13-6-7-26-15(10-13)22(29)31-3/h4-10H,1-3H3,(H,26,27,28). The summed E-state index contributed by atoms with van der Waals surface area (Å²) in [7, 11) is 2.30. The Bertz CT molecular complexity index is 1200. The molecule has 1 aromatic heterocycles. The SMILES string of the molecule is COC(=O)c1cc(NC(=O)c2c(C)cc(F)cc2Oc2ccc(F)c(F)c2OC)ccn1. The van der Waals surface area contributed by atoms with Gasteiger partial charge in [0.15, 0.2) is 11.6 Å². The maximum atomic E-state index is 14.1. The second-order valence-corrected chi connectivity index (χ2v) is 6.47. The Hall–Kier alpha value is -4.08. The van der Waals surface area contributed by atoms with Gasteiger partial charge in [-0.15, -0.1) is 0 Å². The van der Waals surface area contributed by atoms with E-state index >= 15 is 0 Å². The number of hydrogen-bond donors (Lipinski definition) is 1. The number of amides is 1. The Morgan fingerprint density at radius 3 is 2.44 bits per heavy atom. The van der Waals surface area contributed by atoms with Crippen LogP contribution in [0.2, 0.25) is 0 Å². The molecule has 1 amide bonds. The van der Waals surface area contributed by atoms with Gasteiger partial charge in [0.05, 0.1) is 19.8 Å². The van der Waals surface area contributed by atoms with Crippen molar-refractivity contribution in [1.29, 1.82) is 0 Å². The average molecular weight is 446 g/mol. The van der Waals surface area contributed by atoms with Gasteiger partial charge in [0, 0.05) is 18.0 Å². The summed E-state index contributed by atoms with van der Waals surface area (Å²) in [5.41, 5.74) is 0.311. The van der Waals surface area contributed by atoms with Crippen LogP contribution in [0.15, 0.2) is 42.6 Å². The van der Waals surface area contributed by atoms with Gasteiger partial charge in [-0.05, 0) is 42.8 Å². The van der Waals surface area contributed by atoms with Gasteiger partial charge >= 0.3 is 5.97 Å². The Morgan fingerprint density at radius 2 is 1.75 bits per heavy atom. The van der Waals surface area contributed by atoms with E-state index in [0.29, 0.717) is 0 Å². The van der Waals surface area contributed by atoms with Crippen molar-refractivity contribution in [1.82, 2.24) is 4.98 Å². The van der Waals surface area contributed by atoms with Crippen LogP contribution in [0.4, 0.5) is 18.9 Å². The number of pyridine rings is 1. The summed E-state index contributed by atoms with van der Waals surface area (Å²) in [5.74, 6) is -5.65. The number of rotatable bonds is 6. The van der Waals surface area contributed by atoms with E-state index in [1.807, 2.05) is 0 Å². The molecular formula is C22H17F3N2O5. The largest absolute Gasteiger partial charge is 0.490 e. The predicted molar refractivity (Wildman–Crippen MR) is 108 cm³/mol. The molecule has 0 radical (unpaired) electrons. The lowest BCUT2D eigenvalue weighted by Crippen LogP contribution is -2.16. The second kappa shape index (κ2) is 9.38. The van der Waals surface area contributed by atoms with Gasteiger partial charge in [0.2, 0.25) is 11.6 Å². The van der Waals surface area contributed by atoms with Gasteiger partial charge in [-0.1, -0.05) is 0 Å². The molecule has 166 valence electrons. The molecule has 0 saturated carbocycles. The van der Waals surface area contributed by atoms with Crippen molar-refractivity contribution in [3.8, 4) is 17.2 Å². The Morgan fingerprint density at radius 1 is 1.00 bits per heavy atom. The van der Waals surface area contributed by atoms with Crippen molar-refractivity contribution in [2.45, 2.75) is 6.92 Å². The highest BCUT2D eigenvalue weighted by atomic mass is 19.2. The summed E-state index contributed by atoms with van der Waals surface area (Å²) >= 11 is 0. The minimum Gasteiger partial charge on any atom is -0.490 e. The van der Waals surface area contributed by atoms with Crippen LogP contribution in [0, 0.1) is 24.4 Å². The van der Waals surface area contributed by atoms with Crippen LogP contribution in [0.3, 0.4) is 0 Å². The first kappa shape index (κ1) is 22.6. The molecule has 7 nitrogen and oxygen atoms in total. The molecular weight excluding hydrogens is 429 g/mol. The number of methoxy groups -OCH3 is 2. The number of carbonyl (C=O) groups excluding carboxylic acids is 2. The maximum Gasteiger partial charge on any atom is 0.356 e. The van der Waals surface area contributed by atoms with Crippen LogP contribution in [0.25, 0.3) is 0 Å². The minimum atomic E-state index is -1.30. The number of benzene rings is 2. The number of carbonyl (C=O) groups is 2. The maximum absolute atomic E-state index is 14.1. The van der Waals surface area contributed by atoms with E-state index in [1.165, 1.54) is 32.4 Å². The molecule has 3 aromatic rings. The number of anilines is 1. The summed E-state index contributed by atoms with van der Waals surface area (Å²) in [6.07, 6.45) is 1.29. The van der Waals surface area contributed by atoms with Crippen molar-refractivity contribution in [3.05, 3.63) is 76.9 Å². The third-order valence-electron chi connectivity index (χ3n) is 4.34. The highest BCUT2D eigenvalue weighted by molar-refractivity contribution is 6.07. The van der Waals surface area contributed by atoms with E-state index in [9.17, 15) is 22.8 Å². The van der Waals surface area contributed by atoms with Crippen LogP contribution in [0.5, 0.6) is 17.2 Å². The van der Waals surface area contributed by atoms with Crippen molar-refractivity contribution < 1.29 is 37.0 Å². The van der Waals surface area contributed by atoms with Crippen LogP contribution >= 0.6 is 0 Å². The molecule has 1 N–H and O–H groups in total. The molecule has 3 rings (SSSR count). The molecule has 0 bridgehead atoms. The van der Waals surface area contributed by atoms with Gasteiger partial charge < -0.3 is 19.5 Å². The number of aryl methyl sites for hydroxylation is 1. The van der Waals surface area contributed by atoms with E-state index in [4.69, 9.17) is 9.47 Å². The zero-order chi connectivity index (χ0) is 23.4. The number of hydrogen-bond acceptors (Lipinski definition) is 6. The molecule has 0 aliphatic heterocycles. The number of halogens is 3. The molecule has 0 spiro atoms. The van der Waals surface area contributed by atoms with Crippen molar-refractivity contribution >= 4 is 17.6 Å². The minimum absolute atomic E-state index is 0.0378. The van der Waals surface area contributed by atoms with E-state index in [0.717, 1.165) is 31.4 Å². The molecule has 2 aromatic carbocycles. The normalized spacial score (nSPS) is 10.4. The molecule has 0 atom stereocenters. The molecule has 10 heteroatoms. The lowest BCUT2D eigenvalue weighted by molar-refractivity contribution is 0.0594. The van der Waals surface area contributed by atoms with E-state index in [2.05, 4.69) is 15.0 Å². The molecule has 1 heterocycles. The van der Waals surface area contributed by atoms with Crippen LogP contribution in [-0.2, 0) is 4.74 Å². The summed E-state index contributed by atoms with van der Waals surface area (Å²) in [5, 5.41) is 2.56. The second-order valence-electron chi connectivity index (χ2n) is 6.47. The van der Waals surface area contributed by atoms with Gasteiger partial charge in [0.25, 0.3) is 5.91 Å². The predicted octanol–water partition coefficient (Wildman–Crippen LogP) is 4.65. The smallest absolute Gasteiger partial charge is 0.356 e. The summed E-state index contributed by atoms with van der Waals surface area (Å²) in [6, 6.07) is 6.66. The van der Waals surface area contributed by atoms with E-state index < -0.39 is 35.1 Å². The molecule has 32 heavy (non-hydrogen) atoms. The molecule has 0 aliphatic carbocycles. The zero-order valence-corrected chi connectivity index (χ0v) is 17.2. The fourth-order valence-electron chi connectivity index (χ4n) is 2.91. The number of aromatic nitrogens is 1. The molecule has 0 saturated heterocycles. The highest BCUT2D eigenvalue weighted by Crippen LogP contribution is 2.37. The first-order valence-electron chi connectivity index (χ1n) is 9.10. The third-order valence-corrected chi connectivity index (χ3v) is 4.34. The van der Waals surface area contributed by atoms with Gasteiger partial charge in [-0.3, -0.25) is 4.79 Å². The number of nitrogens with zero attached hydrogens (tertiary/aromatic N) is 1. The molecule has 0 aliphatic rings. The fourth-order valence-corrected chi connectivity index (χ4v) is 2.91. The van der Waals surface area contributed by atoms with Gasteiger partial charge in [-0.2, -0.15) is 4.39 Å². The fraction of sp³-hybridized carbons (Fsp3) is 0.136. The number of esters is 1.